The number of aryl methyl sites for hydroxylation is 1. The van der Waals surface area contributed by atoms with Crippen molar-refractivity contribution >= 4 is 39.9 Å². The molecule has 2 heterocycles. The van der Waals surface area contributed by atoms with Crippen LogP contribution in [0.2, 0.25) is 0 Å². The minimum absolute atomic E-state index is 0.00348. The number of hydrogen-bond donors (Lipinski definition) is 1. The predicted molar refractivity (Wildman–Crippen MR) is 154 cm³/mol. The van der Waals surface area contributed by atoms with E-state index in [-0.39, 0.29) is 27.8 Å². The fourth-order valence-electron chi connectivity index (χ4n) is 4.26. The third kappa shape index (κ3) is 5.71. The Morgan fingerprint density at radius 1 is 1.05 bits per heavy atom. The first-order valence-electron chi connectivity index (χ1n) is 12.4. The fraction of sp³-hybridized carbons (Fsp3) is 0.200. The van der Waals surface area contributed by atoms with Gasteiger partial charge in [0.15, 0.2) is 5.13 Å². The standard InChI is InChI=1S/C30H28N2O8S/c1-6-14-39-19-10-8-18(9-11-19)25(33)23-24(21-13-12-20(37-4)16-22(21)38-5)32(28(35)26(23)34)30-31-17(3)27(41-30)29(36)40-15-7-2/h6-13,16,24,33H,1-2,14-15H2,3-5H3/b25-23+. The molecule has 0 radical (unpaired) electrons. The normalized spacial score (nSPS) is 15.9. The van der Waals surface area contributed by atoms with E-state index in [0.29, 0.717) is 35.1 Å². The van der Waals surface area contributed by atoms with Crippen molar-refractivity contribution in [3.8, 4) is 17.2 Å². The van der Waals surface area contributed by atoms with Gasteiger partial charge in [0, 0.05) is 17.2 Å². The van der Waals surface area contributed by atoms with Crippen LogP contribution in [0.4, 0.5) is 5.13 Å². The summed E-state index contributed by atoms with van der Waals surface area (Å²) in [6.45, 7) is 9.04. The zero-order valence-electron chi connectivity index (χ0n) is 22.7. The third-order valence-electron chi connectivity index (χ3n) is 6.18. The van der Waals surface area contributed by atoms with Gasteiger partial charge < -0.3 is 24.1 Å². The van der Waals surface area contributed by atoms with Crippen molar-refractivity contribution in [3.63, 3.8) is 0 Å². The van der Waals surface area contributed by atoms with Crippen LogP contribution in [-0.2, 0) is 14.3 Å². The van der Waals surface area contributed by atoms with E-state index >= 15 is 0 Å². The molecule has 4 rings (SSSR count). The molecular formula is C30H28N2O8S. The summed E-state index contributed by atoms with van der Waals surface area (Å²) in [5, 5.41) is 11.5. The van der Waals surface area contributed by atoms with Gasteiger partial charge in [0.25, 0.3) is 5.78 Å². The number of aromatic nitrogens is 1. The van der Waals surface area contributed by atoms with Crippen LogP contribution < -0.4 is 19.1 Å². The summed E-state index contributed by atoms with van der Waals surface area (Å²) in [7, 11) is 2.93. The Balaban J connectivity index is 1.90. The van der Waals surface area contributed by atoms with E-state index in [1.54, 1.807) is 55.5 Å². The number of rotatable bonds is 11. The molecule has 2 aromatic carbocycles. The molecule has 0 bridgehead atoms. The summed E-state index contributed by atoms with van der Waals surface area (Å²) in [6.07, 6.45) is 3.03. The SMILES string of the molecule is C=CCOC(=O)c1sc(N2C(=O)C(=O)/C(=C(/O)c3ccc(OCC=C)cc3)C2c2ccc(OC)cc2OC)nc1C. The molecule has 1 N–H and O–H groups in total. The second-order valence-electron chi connectivity index (χ2n) is 8.70. The van der Waals surface area contributed by atoms with Gasteiger partial charge in [-0.05, 0) is 43.3 Å². The number of aliphatic hydroxyl groups is 1. The number of ketones is 1. The Morgan fingerprint density at radius 3 is 2.37 bits per heavy atom. The number of ether oxygens (including phenoxy) is 4. The molecule has 1 saturated heterocycles. The van der Waals surface area contributed by atoms with Gasteiger partial charge in [-0.1, -0.05) is 36.6 Å². The molecule has 1 amide bonds. The Kier molecular flexibility index (Phi) is 8.88. The van der Waals surface area contributed by atoms with E-state index < -0.39 is 29.5 Å². The number of esters is 1. The Hall–Kier alpha value is -4.90. The maximum atomic E-state index is 13.6. The van der Waals surface area contributed by atoms with E-state index in [9.17, 15) is 19.5 Å². The highest BCUT2D eigenvalue weighted by Crippen LogP contribution is 2.47. The molecule has 3 aromatic rings. The van der Waals surface area contributed by atoms with Gasteiger partial charge in [-0.15, -0.1) is 0 Å². The number of hydrogen-bond acceptors (Lipinski definition) is 10. The summed E-state index contributed by atoms with van der Waals surface area (Å²) < 4.78 is 21.6. The van der Waals surface area contributed by atoms with Crippen LogP contribution in [0.5, 0.6) is 17.2 Å². The number of anilines is 1. The first kappa shape index (κ1) is 29.1. The van der Waals surface area contributed by atoms with Crippen LogP contribution in [-0.4, -0.2) is 55.2 Å². The molecule has 1 atom stereocenters. The monoisotopic (exact) mass is 576 g/mol. The smallest absolute Gasteiger partial charge is 0.350 e. The number of aliphatic hydroxyl groups excluding tert-OH is 1. The molecule has 0 spiro atoms. The quantitative estimate of drug-likeness (QED) is 0.110. The van der Waals surface area contributed by atoms with Gasteiger partial charge >= 0.3 is 11.9 Å². The number of nitrogens with zero attached hydrogens (tertiary/aromatic N) is 2. The molecule has 11 heteroatoms. The maximum absolute atomic E-state index is 13.6. The van der Waals surface area contributed by atoms with Crippen LogP contribution in [0.3, 0.4) is 0 Å². The van der Waals surface area contributed by atoms with Crippen molar-refractivity contribution in [2.24, 2.45) is 0 Å². The van der Waals surface area contributed by atoms with Gasteiger partial charge in [0.2, 0.25) is 0 Å². The molecule has 1 fully saturated rings. The summed E-state index contributed by atoms with van der Waals surface area (Å²) in [4.78, 5) is 45.5. The number of thiazole rings is 1. The predicted octanol–water partition coefficient (Wildman–Crippen LogP) is 5.00. The maximum Gasteiger partial charge on any atom is 0.350 e. The lowest BCUT2D eigenvalue weighted by Crippen LogP contribution is -2.29. The summed E-state index contributed by atoms with van der Waals surface area (Å²) >= 11 is 0.898. The van der Waals surface area contributed by atoms with Crippen molar-refractivity contribution < 1.29 is 38.4 Å². The van der Waals surface area contributed by atoms with Gasteiger partial charge in [0.1, 0.15) is 47.1 Å². The number of benzene rings is 2. The Morgan fingerprint density at radius 2 is 1.73 bits per heavy atom. The highest BCUT2D eigenvalue weighted by Gasteiger charge is 2.49. The second-order valence-corrected chi connectivity index (χ2v) is 9.68. The van der Waals surface area contributed by atoms with Crippen molar-refractivity contribution in [1.82, 2.24) is 4.98 Å². The van der Waals surface area contributed by atoms with Gasteiger partial charge in [0.05, 0.1) is 25.5 Å². The average molecular weight is 577 g/mol. The van der Waals surface area contributed by atoms with E-state index in [0.717, 1.165) is 16.2 Å². The number of carbonyl (C=O) groups excluding carboxylic acids is 3. The lowest BCUT2D eigenvalue weighted by atomic mass is 9.94. The minimum atomic E-state index is -1.14. The number of carbonyl (C=O) groups is 3. The van der Waals surface area contributed by atoms with E-state index in [1.165, 1.54) is 20.3 Å². The molecule has 1 unspecified atom stereocenters. The molecule has 1 aliphatic heterocycles. The molecule has 0 aliphatic carbocycles. The second kappa shape index (κ2) is 12.5. The van der Waals surface area contributed by atoms with Crippen LogP contribution in [0.25, 0.3) is 5.76 Å². The molecule has 41 heavy (non-hydrogen) atoms. The highest BCUT2D eigenvalue weighted by atomic mass is 32.1. The number of amides is 1. The average Bonchev–Trinajstić information content (AvgIpc) is 3.50. The zero-order valence-corrected chi connectivity index (χ0v) is 23.5. The third-order valence-corrected chi connectivity index (χ3v) is 7.32. The summed E-state index contributed by atoms with van der Waals surface area (Å²) in [5.41, 5.74) is 0.817. The van der Waals surface area contributed by atoms with Crippen LogP contribution in [0.15, 0.2) is 73.3 Å². The topological polar surface area (TPSA) is 124 Å². The molecule has 0 saturated carbocycles. The van der Waals surface area contributed by atoms with Crippen LogP contribution in [0, 0.1) is 6.92 Å². The molecular weight excluding hydrogens is 548 g/mol. The molecule has 10 nitrogen and oxygen atoms in total. The van der Waals surface area contributed by atoms with Crippen LogP contribution >= 0.6 is 11.3 Å². The zero-order chi connectivity index (χ0) is 29.7. The number of Topliss-reactive ketones (excluding diaryl/α,β-unsaturated/α-hetero) is 1. The van der Waals surface area contributed by atoms with Crippen LogP contribution in [0.1, 0.15) is 32.5 Å². The largest absolute Gasteiger partial charge is 0.507 e. The first-order chi connectivity index (χ1) is 19.7. The lowest BCUT2D eigenvalue weighted by Gasteiger charge is -2.24. The van der Waals surface area contributed by atoms with Crippen molar-refractivity contribution in [2.75, 3.05) is 32.3 Å². The van der Waals surface area contributed by atoms with E-state index in [2.05, 4.69) is 18.1 Å². The first-order valence-corrected chi connectivity index (χ1v) is 13.2. The number of methoxy groups -OCH3 is 2. The van der Waals surface area contributed by atoms with E-state index in [1.807, 2.05) is 0 Å². The minimum Gasteiger partial charge on any atom is -0.507 e. The lowest BCUT2D eigenvalue weighted by molar-refractivity contribution is -0.132. The molecule has 212 valence electrons. The van der Waals surface area contributed by atoms with Gasteiger partial charge in [-0.25, -0.2) is 9.78 Å². The summed E-state index contributed by atoms with van der Waals surface area (Å²) in [5.74, 6) is -1.58. The Labute approximate surface area is 240 Å². The molecule has 1 aromatic heterocycles. The van der Waals surface area contributed by atoms with Crippen molar-refractivity contribution in [1.29, 1.82) is 0 Å². The highest BCUT2D eigenvalue weighted by molar-refractivity contribution is 7.17. The Bertz CT molecular complexity index is 1540. The molecule has 1 aliphatic rings. The fourth-order valence-corrected chi connectivity index (χ4v) is 5.25. The van der Waals surface area contributed by atoms with Gasteiger partial charge in [-0.3, -0.25) is 14.5 Å². The summed E-state index contributed by atoms with van der Waals surface area (Å²) in [6, 6.07) is 10.2. The van der Waals surface area contributed by atoms with E-state index in [4.69, 9.17) is 18.9 Å². The van der Waals surface area contributed by atoms with Crippen molar-refractivity contribution in [3.05, 3.63) is 95.0 Å². The van der Waals surface area contributed by atoms with Gasteiger partial charge in [-0.2, -0.15) is 0 Å². The van der Waals surface area contributed by atoms with Crippen molar-refractivity contribution in [2.45, 2.75) is 13.0 Å².